The number of fused-ring (bicyclic) bond motifs is 2. The number of nitrogens with zero attached hydrogens (tertiary/aromatic N) is 2. The first-order valence-corrected chi connectivity index (χ1v) is 24.2. The van der Waals surface area contributed by atoms with Gasteiger partial charge in [0.15, 0.2) is 5.78 Å². The van der Waals surface area contributed by atoms with Gasteiger partial charge in [0.1, 0.15) is 24.2 Å². The highest BCUT2D eigenvalue weighted by Gasteiger charge is 2.67. The Bertz CT molecular complexity index is 2840. The molecule has 7 amide bonds. The van der Waals surface area contributed by atoms with Crippen LogP contribution in [0.4, 0.5) is 11.4 Å². The van der Waals surface area contributed by atoms with Crippen LogP contribution < -0.4 is 37.6 Å². The van der Waals surface area contributed by atoms with Crippen molar-refractivity contribution in [2.75, 3.05) is 43.4 Å². The summed E-state index contributed by atoms with van der Waals surface area (Å²) in [7, 11) is 0. The SMILES string of the molecule is CC(C)[C@H](NCCNC(=O)CCCN1C(=O)C=CC1=O)C(=O)N[C@@H](CCCCNC1OC1N)C(=O)Nc1ccc(C(=O)Nc2ccc3[nH]c(C(=O)N4C[C@H]5CC56C4=CC(=O)c4ccccc46)cc3c2)cc1. The topological polar surface area (TPSA) is 270 Å². The van der Waals surface area contributed by atoms with Gasteiger partial charge in [0.2, 0.25) is 17.7 Å². The zero-order valence-electron chi connectivity index (χ0n) is 39.5. The van der Waals surface area contributed by atoms with Crippen molar-refractivity contribution in [1.29, 1.82) is 0 Å². The number of nitrogens with one attached hydrogen (secondary N) is 7. The zero-order valence-corrected chi connectivity index (χ0v) is 39.5. The van der Waals surface area contributed by atoms with E-state index in [1.165, 1.54) is 12.2 Å². The molecular weight excluding hydrogens is 909 g/mol. The van der Waals surface area contributed by atoms with Crippen molar-refractivity contribution >= 4 is 69.4 Å². The minimum Gasteiger partial charge on any atom is -0.355 e. The quantitative estimate of drug-likeness (QED) is 0.0321. The molecule has 1 saturated carbocycles. The van der Waals surface area contributed by atoms with E-state index in [4.69, 9.17) is 10.5 Å². The second-order valence-corrected chi connectivity index (χ2v) is 19.1. The predicted molar refractivity (Wildman–Crippen MR) is 262 cm³/mol. The molecule has 2 saturated heterocycles. The summed E-state index contributed by atoms with van der Waals surface area (Å²) in [5, 5.41) is 18.6. The lowest BCUT2D eigenvalue weighted by Gasteiger charge is -2.29. The lowest BCUT2D eigenvalue weighted by Crippen LogP contribution is -2.54. The summed E-state index contributed by atoms with van der Waals surface area (Å²) < 4.78 is 5.21. The van der Waals surface area contributed by atoms with E-state index in [0.717, 1.165) is 28.0 Å². The molecular formula is C52H58N10O9. The second-order valence-electron chi connectivity index (χ2n) is 19.1. The standard InChI is InChI=1S/C52H58N10O9/c1-29(2)45(55-22-21-54-42(64)11-7-23-61-43(65)18-19-44(61)66)49(69)60-38(10-5-6-20-56-50-46(53)71-50)48(68)57-33-14-12-30(13-15-33)47(67)58-34-16-17-37-31(24-34)25-39(59-37)51(70)62-28-32-27-52(32)36-9-4-3-8-35(36)40(63)26-41(52)62/h3-4,8-9,12-19,24-26,29,32,38,45-46,50,55-56,59H,5-7,10-11,20-23,27-28,53H2,1-2H3,(H,54,64)(H,57,68)(H,58,67)(H,60,69)/t32-,38+,45+,46?,50?,52?/m1/s1. The van der Waals surface area contributed by atoms with Crippen LogP contribution in [0.3, 0.4) is 0 Å². The molecule has 9 N–H and O–H groups in total. The Hall–Kier alpha value is -7.32. The van der Waals surface area contributed by atoms with Crippen molar-refractivity contribution in [2.24, 2.45) is 17.6 Å². The van der Waals surface area contributed by atoms with Gasteiger partial charge in [-0.1, -0.05) is 38.1 Å². The van der Waals surface area contributed by atoms with Crippen LogP contribution in [-0.4, -0.2) is 119 Å². The molecule has 4 aromatic rings. The summed E-state index contributed by atoms with van der Waals surface area (Å²) in [6, 6.07) is 19.5. The van der Waals surface area contributed by atoms with E-state index in [9.17, 15) is 38.4 Å². The lowest BCUT2D eigenvalue weighted by molar-refractivity contribution is -0.137. The number of hydrogen-bond acceptors (Lipinski definition) is 12. The number of anilines is 2. The van der Waals surface area contributed by atoms with Gasteiger partial charge in [0.25, 0.3) is 23.6 Å². The number of ether oxygens (including phenoxy) is 1. The average molecular weight is 967 g/mol. The van der Waals surface area contributed by atoms with Crippen molar-refractivity contribution in [2.45, 2.75) is 82.3 Å². The molecule has 0 radical (unpaired) electrons. The number of nitrogens with two attached hydrogens (primary N) is 1. The summed E-state index contributed by atoms with van der Waals surface area (Å²) in [4.78, 5) is 110. The second kappa shape index (κ2) is 20.6. The highest BCUT2D eigenvalue weighted by Crippen LogP contribution is 2.66. The number of likely N-dealkylation sites (tertiary alicyclic amines) is 1. The number of imide groups is 1. The normalized spacial score (nSPS) is 21.3. The first-order valence-electron chi connectivity index (χ1n) is 24.2. The van der Waals surface area contributed by atoms with Crippen LogP contribution in [0.25, 0.3) is 10.9 Å². The van der Waals surface area contributed by atoms with Crippen LogP contribution in [0.1, 0.15) is 89.1 Å². The van der Waals surface area contributed by atoms with Crippen LogP contribution in [0.15, 0.2) is 96.7 Å². The molecule has 3 fully saturated rings. The van der Waals surface area contributed by atoms with Gasteiger partial charge in [0, 0.05) is 95.3 Å². The summed E-state index contributed by atoms with van der Waals surface area (Å²) in [6.45, 7) is 5.53. The number of amides is 7. The van der Waals surface area contributed by atoms with E-state index in [-0.39, 0.29) is 79.3 Å². The first kappa shape index (κ1) is 48.7. The molecule has 3 aliphatic heterocycles. The van der Waals surface area contributed by atoms with E-state index in [1.807, 2.05) is 38.1 Å². The van der Waals surface area contributed by atoms with Crippen molar-refractivity contribution in [3.63, 3.8) is 0 Å². The molecule has 1 aromatic heterocycles. The summed E-state index contributed by atoms with van der Waals surface area (Å²) in [5.41, 5.74) is 10.2. The summed E-state index contributed by atoms with van der Waals surface area (Å²) in [5.74, 6) is -2.47. The third-order valence-electron chi connectivity index (χ3n) is 13.8. The largest absolute Gasteiger partial charge is 0.355 e. The fourth-order valence-electron chi connectivity index (χ4n) is 9.92. The third kappa shape index (κ3) is 10.6. The molecule has 0 bridgehead atoms. The Morgan fingerprint density at radius 3 is 2.35 bits per heavy atom. The number of aromatic nitrogens is 1. The molecule has 71 heavy (non-hydrogen) atoms. The van der Waals surface area contributed by atoms with Gasteiger partial charge in [-0.2, -0.15) is 0 Å². The number of carbonyl (C=O) groups is 8. The first-order chi connectivity index (χ1) is 34.2. The van der Waals surface area contributed by atoms with Crippen molar-refractivity contribution in [3.05, 3.63) is 119 Å². The molecule has 2 aliphatic carbocycles. The number of hydrogen-bond donors (Lipinski definition) is 8. The Kier molecular flexibility index (Phi) is 14.1. The number of unbranched alkanes of at least 4 members (excludes halogenated alkanes) is 1. The fourth-order valence-corrected chi connectivity index (χ4v) is 9.92. The van der Waals surface area contributed by atoms with Gasteiger partial charge < -0.3 is 46.9 Å². The average Bonchev–Trinajstić information content (AvgIpc) is 4.10. The molecule has 3 aromatic carbocycles. The number of ketones is 1. The van der Waals surface area contributed by atoms with Gasteiger partial charge in [-0.05, 0) is 105 Å². The van der Waals surface area contributed by atoms with Gasteiger partial charge >= 0.3 is 0 Å². The fraction of sp³-hybridized carbons (Fsp3) is 0.385. The maximum atomic E-state index is 13.9. The monoisotopic (exact) mass is 966 g/mol. The molecule has 6 atom stereocenters. The van der Waals surface area contributed by atoms with E-state index in [1.54, 1.807) is 59.5 Å². The predicted octanol–water partition coefficient (Wildman–Crippen LogP) is 3.17. The van der Waals surface area contributed by atoms with Gasteiger partial charge in [-0.15, -0.1) is 0 Å². The number of allylic oxidation sites excluding steroid dienone is 2. The van der Waals surface area contributed by atoms with E-state index in [0.29, 0.717) is 72.5 Å². The van der Waals surface area contributed by atoms with Crippen LogP contribution in [0.2, 0.25) is 0 Å². The lowest BCUT2D eigenvalue weighted by atomic mass is 9.81. The number of benzene rings is 3. The molecule has 9 rings (SSSR count). The van der Waals surface area contributed by atoms with Crippen LogP contribution in [0.5, 0.6) is 0 Å². The highest BCUT2D eigenvalue weighted by molar-refractivity contribution is 6.13. The van der Waals surface area contributed by atoms with E-state index >= 15 is 0 Å². The minimum atomic E-state index is -0.903. The molecule has 3 unspecified atom stereocenters. The van der Waals surface area contributed by atoms with Gasteiger partial charge in [-0.3, -0.25) is 48.6 Å². The van der Waals surface area contributed by atoms with Crippen molar-refractivity contribution in [3.8, 4) is 0 Å². The summed E-state index contributed by atoms with van der Waals surface area (Å²) in [6.07, 6.45) is 6.47. The Morgan fingerprint density at radius 1 is 0.859 bits per heavy atom. The molecule has 1 spiro atoms. The Morgan fingerprint density at radius 2 is 1.61 bits per heavy atom. The van der Waals surface area contributed by atoms with Gasteiger partial charge in [0.05, 0.1) is 6.04 Å². The molecule has 19 nitrogen and oxygen atoms in total. The maximum absolute atomic E-state index is 13.9. The van der Waals surface area contributed by atoms with Crippen molar-refractivity contribution < 1.29 is 43.1 Å². The molecule has 19 heteroatoms. The molecule has 4 heterocycles. The number of epoxide rings is 1. The highest BCUT2D eigenvalue weighted by atomic mass is 16.6. The van der Waals surface area contributed by atoms with E-state index < -0.39 is 35.7 Å². The number of rotatable bonds is 22. The van der Waals surface area contributed by atoms with Gasteiger partial charge in [-0.25, -0.2) is 0 Å². The number of aromatic amines is 1. The maximum Gasteiger partial charge on any atom is 0.274 e. The number of H-pyrrole nitrogens is 1. The minimum absolute atomic E-state index is 0.0923. The molecule has 5 aliphatic rings. The van der Waals surface area contributed by atoms with Crippen molar-refractivity contribution in [1.82, 2.24) is 36.1 Å². The van der Waals surface area contributed by atoms with Crippen LogP contribution in [-0.2, 0) is 34.1 Å². The Labute approximate surface area is 409 Å². The van der Waals surface area contributed by atoms with E-state index in [2.05, 4.69) is 36.9 Å². The number of carbonyl (C=O) groups excluding carboxylic acids is 8. The van der Waals surface area contributed by atoms with Crippen LogP contribution >= 0.6 is 0 Å². The number of piperidine rings is 1. The Balaban J connectivity index is 0.773. The summed E-state index contributed by atoms with van der Waals surface area (Å²) >= 11 is 0. The molecule has 370 valence electrons. The zero-order chi connectivity index (χ0) is 50.0. The smallest absolute Gasteiger partial charge is 0.274 e. The third-order valence-corrected chi connectivity index (χ3v) is 13.8. The van der Waals surface area contributed by atoms with Crippen LogP contribution in [0, 0.1) is 11.8 Å².